The summed E-state index contributed by atoms with van der Waals surface area (Å²) in [5.41, 5.74) is 1.44. The summed E-state index contributed by atoms with van der Waals surface area (Å²) in [5.74, 6) is -2.12. The molecule has 1 fully saturated rings. The summed E-state index contributed by atoms with van der Waals surface area (Å²) >= 11 is 2.69. The molecular weight excluding hydrogens is 514 g/mol. The van der Waals surface area contributed by atoms with Crippen molar-refractivity contribution in [2.75, 3.05) is 11.9 Å². The summed E-state index contributed by atoms with van der Waals surface area (Å²) in [6.45, 7) is 2.33. The van der Waals surface area contributed by atoms with Crippen molar-refractivity contribution in [2.24, 2.45) is 4.99 Å². The van der Waals surface area contributed by atoms with Crippen molar-refractivity contribution in [1.29, 1.82) is 0 Å². The van der Waals surface area contributed by atoms with Gasteiger partial charge in [-0.2, -0.15) is 0 Å². The van der Waals surface area contributed by atoms with Crippen molar-refractivity contribution in [3.8, 4) is 0 Å². The van der Waals surface area contributed by atoms with E-state index in [1.54, 1.807) is 36.1 Å². The van der Waals surface area contributed by atoms with Crippen LogP contribution in [0.3, 0.4) is 0 Å². The van der Waals surface area contributed by atoms with Crippen LogP contribution in [0.1, 0.15) is 38.9 Å². The minimum Gasteiger partial charge on any atom is -0.478 e. The van der Waals surface area contributed by atoms with Gasteiger partial charge in [0, 0.05) is 17.0 Å². The van der Waals surface area contributed by atoms with Gasteiger partial charge in [0.1, 0.15) is 5.25 Å². The average molecular weight is 538 g/mol. The predicted molar refractivity (Wildman–Crippen MR) is 142 cm³/mol. The van der Waals surface area contributed by atoms with Gasteiger partial charge in [0.15, 0.2) is 5.17 Å². The van der Waals surface area contributed by atoms with Crippen molar-refractivity contribution in [1.82, 2.24) is 4.90 Å². The molecule has 0 radical (unpaired) electrons. The standard InChI is InChI=1S/C26H23N3O6S2/c1-2-35-25(34)17-7-11-19(12-8-17)28-26-29(15-20-4-3-13-36-20)22(30)14-21(37-26)23(31)27-18-9-5-16(6-10-18)24(32)33/h3-13,21H,2,14-15H2,1H3,(H,27,31)(H,32,33)/t21-/m0/s1. The van der Waals surface area contributed by atoms with E-state index in [4.69, 9.17) is 9.84 Å². The third-order valence-electron chi connectivity index (χ3n) is 5.33. The number of carbonyl (C=O) groups is 4. The lowest BCUT2D eigenvalue weighted by Gasteiger charge is -2.31. The molecule has 4 rings (SSSR count). The molecule has 11 heteroatoms. The van der Waals surface area contributed by atoms with Gasteiger partial charge in [0.25, 0.3) is 0 Å². The molecule has 1 aliphatic rings. The van der Waals surface area contributed by atoms with Crippen LogP contribution in [0.5, 0.6) is 0 Å². The number of anilines is 1. The summed E-state index contributed by atoms with van der Waals surface area (Å²) in [5, 5.41) is 13.4. The fourth-order valence-electron chi connectivity index (χ4n) is 3.47. The average Bonchev–Trinajstić information content (AvgIpc) is 3.40. The number of ether oxygens (including phenoxy) is 1. The molecule has 2 aromatic carbocycles. The summed E-state index contributed by atoms with van der Waals surface area (Å²) < 4.78 is 5.01. The van der Waals surface area contributed by atoms with Gasteiger partial charge < -0.3 is 15.2 Å². The fourth-order valence-corrected chi connectivity index (χ4v) is 5.26. The molecule has 0 saturated carbocycles. The molecule has 1 saturated heterocycles. The molecular formula is C26H23N3O6S2. The molecule has 1 atom stereocenters. The van der Waals surface area contributed by atoms with Gasteiger partial charge in [-0.25, -0.2) is 14.6 Å². The first-order valence-corrected chi connectivity index (χ1v) is 13.1. The molecule has 0 spiro atoms. The minimum atomic E-state index is -1.06. The Morgan fingerprint density at radius 2 is 1.78 bits per heavy atom. The molecule has 0 unspecified atom stereocenters. The molecule has 1 aliphatic heterocycles. The Kier molecular flexibility index (Phi) is 8.36. The first-order valence-electron chi connectivity index (χ1n) is 11.3. The highest BCUT2D eigenvalue weighted by molar-refractivity contribution is 8.15. The number of rotatable bonds is 8. The van der Waals surface area contributed by atoms with E-state index in [1.165, 1.54) is 47.4 Å². The number of carboxylic acid groups (broad SMARTS) is 1. The number of carbonyl (C=O) groups excluding carboxylic acids is 3. The number of amidine groups is 1. The van der Waals surface area contributed by atoms with E-state index in [1.807, 2.05) is 17.5 Å². The first-order chi connectivity index (χ1) is 17.8. The summed E-state index contributed by atoms with van der Waals surface area (Å²) in [6, 6.07) is 16.1. The number of hydrogen-bond acceptors (Lipinski definition) is 8. The third kappa shape index (κ3) is 6.63. The van der Waals surface area contributed by atoms with Crippen LogP contribution < -0.4 is 5.32 Å². The molecule has 9 nitrogen and oxygen atoms in total. The lowest BCUT2D eigenvalue weighted by molar-refractivity contribution is -0.129. The Balaban J connectivity index is 1.56. The molecule has 2 heterocycles. The van der Waals surface area contributed by atoms with Crippen LogP contribution in [0.4, 0.5) is 11.4 Å². The molecule has 2 N–H and O–H groups in total. The van der Waals surface area contributed by atoms with E-state index in [-0.39, 0.29) is 30.4 Å². The second-order valence-electron chi connectivity index (χ2n) is 7.90. The number of carboxylic acids is 1. The number of hydrogen-bond donors (Lipinski definition) is 2. The predicted octanol–water partition coefficient (Wildman–Crippen LogP) is 4.78. The maximum Gasteiger partial charge on any atom is 0.338 e. The number of nitrogens with zero attached hydrogens (tertiary/aromatic N) is 2. The molecule has 37 heavy (non-hydrogen) atoms. The van der Waals surface area contributed by atoms with Crippen molar-refractivity contribution >= 4 is 63.4 Å². The Hall–Kier alpha value is -3.96. The number of amides is 2. The van der Waals surface area contributed by atoms with Crippen molar-refractivity contribution in [3.63, 3.8) is 0 Å². The number of thioether (sulfide) groups is 1. The Labute approximate surface area is 221 Å². The van der Waals surface area contributed by atoms with Crippen LogP contribution in [-0.4, -0.2) is 50.8 Å². The van der Waals surface area contributed by atoms with Crippen LogP contribution in [0.15, 0.2) is 71.0 Å². The van der Waals surface area contributed by atoms with E-state index < -0.39 is 17.2 Å². The van der Waals surface area contributed by atoms with Gasteiger partial charge in [0.05, 0.1) is 30.0 Å². The summed E-state index contributed by atoms with van der Waals surface area (Å²) in [4.78, 5) is 56.3. The van der Waals surface area contributed by atoms with E-state index in [2.05, 4.69) is 10.3 Å². The van der Waals surface area contributed by atoms with Crippen LogP contribution >= 0.6 is 23.1 Å². The Morgan fingerprint density at radius 3 is 2.41 bits per heavy atom. The number of thiophene rings is 1. The number of nitrogens with one attached hydrogen (secondary N) is 1. The number of aliphatic imine (C=N–C) groups is 1. The van der Waals surface area contributed by atoms with Crippen molar-refractivity contribution in [2.45, 2.75) is 25.1 Å². The second kappa shape index (κ2) is 11.8. The fraction of sp³-hybridized carbons (Fsp3) is 0.192. The van der Waals surface area contributed by atoms with E-state index >= 15 is 0 Å². The molecule has 2 amide bonds. The van der Waals surface area contributed by atoms with Gasteiger partial charge in [-0.15, -0.1) is 11.3 Å². The van der Waals surface area contributed by atoms with E-state index in [0.717, 1.165) is 4.88 Å². The zero-order valence-electron chi connectivity index (χ0n) is 19.7. The topological polar surface area (TPSA) is 125 Å². The van der Waals surface area contributed by atoms with Gasteiger partial charge in [0.2, 0.25) is 11.8 Å². The van der Waals surface area contributed by atoms with Gasteiger partial charge in [-0.05, 0) is 66.9 Å². The van der Waals surface area contributed by atoms with Gasteiger partial charge >= 0.3 is 11.9 Å². The lowest BCUT2D eigenvalue weighted by Crippen LogP contribution is -2.44. The normalized spacial score (nSPS) is 16.5. The molecule has 0 bridgehead atoms. The molecule has 3 aromatic rings. The summed E-state index contributed by atoms with van der Waals surface area (Å²) in [6.07, 6.45) is -0.0180. The summed E-state index contributed by atoms with van der Waals surface area (Å²) in [7, 11) is 0. The molecule has 190 valence electrons. The number of benzene rings is 2. The van der Waals surface area contributed by atoms with Crippen LogP contribution in [0, 0.1) is 0 Å². The number of aromatic carboxylic acids is 1. The zero-order valence-corrected chi connectivity index (χ0v) is 21.4. The smallest absolute Gasteiger partial charge is 0.338 e. The van der Waals surface area contributed by atoms with Gasteiger partial charge in [-0.1, -0.05) is 17.8 Å². The van der Waals surface area contributed by atoms with Crippen LogP contribution in [0.2, 0.25) is 0 Å². The second-order valence-corrected chi connectivity index (χ2v) is 10.1. The molecule has 0 aliphatic carbocycles. The molecule has 1 aromatic heterocycles. The number of esters is 1. The minimum absolute atomic E-state index is 0.0180. The SMILES string of the molecule is CCOC(=O)c1ccc(N=C2S[C@H](C(=O)Nc3ccc(C(=O)O)cc3)CC(=O)N2Cc2cccs2)cc1. The highest BCUT2D eigenvalue weighted by atomic mass is 32.2. The highest BCUT2D eigenvalue weighted by Crippen LogP contribution is 2.31. The third-order valence-corrected chi connectivity index (χ3v) is 7.38. The van der Waals surface area contributed by atoms with Crippen molar-refractivity contribution < 1.29 is 29.0 Å². The van der Waals surface area contributed by atoms with E-state index in [0.29, 0.717) is 28.7 Å². The Bertz CT molecular complexity index is 1320. The largest absolute Gasteiger partial charge is 0.478 e. The highest BCUT2D eigenvalue weighted by Gasteiger charge is 2.36. The van der Waals surface area contributed by atoms with Crippen LogP contribution in [-0.2, 0) is 20.9 Å². The maximum atomic E-state index is 13.2. The van der Waals surface area contributed by atoms with Crippen molar-refractivity contribution in [3.05, 3.63) is 82.0 Å². The Morgan fingerprint density at radius 1 is 1.08 bits per heavy atom. The van der Waals surface area contributed by atoms with Crippen LogP contribution in [0.25, 0.3) is 0 Å². The quantitative estimate of drug-likeness (QED) is 0.396. The zero-order chi connectivity index (χ0) is 26.4. The first kappa shape index (κ1) is 26.1. The maximum absolute atomic E-state index is 13.2. The van der Waals surface area contributed by atoms with E-state index in [9.17, 15) is 19.2 Å². The lowest BCUT2D eigenvalue weighted by atomic mass is 10.2. The van der Waals surface area contributed by atoms with Gasteiger partial charge in [-0.3, -0.25) is 14.5 Å². The monoisotopic (exact) mass is 537 g/mol.